The molecule has 0 aliphatic heterocycles. The molecule has 62 valence electrons. The minimum Gasteiger partial charge on any atom is -0.475 e. The number of carboxylic acids is 1. The summed E-state index contributed by atoms with van der Waals surface area (Å²) in [6.45, 7) is 3.70. The highest BCUT2D eigenvalue weighted by Crippen LogP contribution is 1.82. The van der Waals surface area contributed by atoms with Gasteiger partial charge in [0.25, 0.3) is 0 Å². The Morgan fingerprint density at radius 2 is 2.18 bits per heavy atom. The number of amidine groups is 1. The molecular formula is C6H11N3O2. The maximum atomic E-state index is 10.1. The lowest BCUT2D eigenvalue weighted by Gasteiger charge is -1.91. The first-order valence-electron chi connectivity index (χ1n) is 3.12. The van der Waals surface area contributed by atoms with Gasteiger partial charge in [0.1, 0.15) is 6.34 Å². The van der Waals surface area contributed by atoms with Crippen LogP contribution >= 0.6 is 0 Å². The van der Waals surface area contributed by atoms with E-state index < -0.39 is 11.8 Å². The van der Waals surface area contributed by atoms with E-state index in [1.54, 1.807) is 0 Å². The molecule has 11 heavy (non-hydrogen) atoms. The second-order valence-corrected chi connectivity index (χ2v) is 2.18. The molecule has 0 aliphatic carbocycles. The fourth-order valence-electron chi connectivity index (χ4n) is 0.284. The molecule has 3 N–H and O–H groups in total. The molecule has 0 fully saturated rings. The van der Waals surface area contributed by atoms with E-state index in [4.69, 9.17) is 10.8 Å². The third-order valence-corrected chi connectivity index (χ3v) is 0.781. The van der Waals surface area contributed by atoms with Crippen LogP contribution in [0.2, 0.25) is 0 Å². The van der Waals surface area contributed by atoms with E-state index in [0.29, 0.717) is 0 Å². The summed E-state index contributed by atoms with van der Waals surface area (Å²) in [6, 6.07) is 0.0975. The van der Waals surface area contributed by atoms with Crippen LogP contribution in [0.25, 0.3) is 0 Å². The minimum absolute atomic E-state index is 0.0975. The smallest absolute Gasteiger partial charge is 0.371 e. The van der Waals surface area contributed by atoms with Crippen molar-refractivity contribution in [3.8, 4) is 0 Å². The SMILES string of the molecule is CC(C)N=CN=C(N)C(=O)O. The molecule has 0 unspecified atom stereocenters. The maximum Gasteiger partial charge on any atom is 0.371 e. The Kier molecular flexibility index (Phi) is 3.87. The van der Waals surface area contributed by atoms with Crippen LogP contribution in [0.3, 0.4) is 0 Å². The molecular weight excluding hydrogens is 146 g/mol. The van der Waals surface area contributed by atoms with Crippen molar-refractivity contribution in [2.45, 2.75) is 19.9 Å². The Morgan fingerprint density at radius 1 is 1.64 bits per heavy atom. The summed E-state index contributed by atoms with van der Waals surface area (Å²) in [5, 5.41) is 8.23. The number of carboxylic acid groups (broad SMARTS) is 1. The van der Waals surface area contributed by atoms with Crippen LogP contribution < -0.4 is 5.73 Å². The van der Waals surface area contributed by atoms with Crippen molar-refractivity contribution in [2.75, 3.05) is 0 Å². The van der Waals surface area contributed by atoms with Gasteiger partial charge in [0.2, 0.25) is 5.84 Å². The Hall–Kier alpha value is -1.39. The molecule has 0 rings (SSSR count). The van der Waals surface area contributed by atoms with Crippen molar-refractivity contribution in [1.29, 1.82) is 0 Å². The molecule has 0 amide bonds. The number of carbonyl (C=O) groups is 1. The quantitative estimate of drug-likeness (QED) is 0.432. The molecule has 0 bridgehead atoms. The number of nitrogens with two attached hydrogens (primary N) is 1. The van der Waals surface area contributed by atoms with Crippen molar-refractivity contribution in [2.24, 2.45) is 15.7 Å². The van der Waals surface area contributed by atoms with Crippen LogP contribution in [-0.2, 0) is 4.79 Å². The zero-order valence-corrected chi connectivity index (χ0v) is 6.48. The lowest BCUT2D eigenvalue weighted by molar-refractivity contribution is -0.129. The van der Waals surface area contributed by atoms with Crippen molar-refractivity contribution >= 4 is 18.1 Å². The van der Waals surface area contributed by atoms with Gasteiger partial charge in [-0.1, -0.05) is 0 Å². The first-order chi connectivity index (χ1) is 5.04. The van der Waals surface area contributed by atoms with E-state index in [-0.39, 0.29) is 6.04 Å². The van der Waals surface area contributed by atoms with Crippen LogP contribution in [0.1, 0.15) is 13.8 Å². The van der Waals surface area contributed by atoms with Gasteiger partial charge in [0, 0.05) is 6.04 Å². The van der Waals surface area contributed by atoms with Crippen molar-refractivity contribution in [3.63, 3.8) is 0 Å². The van der Waals surface area contributed by atoms with Gasteiger partial charge in [-0.3, -0.25) is 4.99 Å². The molecule has 0 aromatic rings. The largest absolute Gasteiger partial charge is 0.475 e. The Morgan fingerprint density at radius 3 is 2.55 bits per heavy atom. The molecule has 0 heterocycles. The van der Waals surface area contributed by atoms with E-state index in [2.05, 4.69) is 9.98 Å². The van der Waals surface area contributed by atoms with Gasteiger partial charge in [-0.15, -0.1) is 0 Å². The summed E-state index contributed by atoms with van der Waals surface area (Å²) in [6.07, 6.45) is 1.15. The van der Waals surface area contributed by atoms with E-state index in [1.165, 1.54) is 0 Å². The molecule has 0 spiro atoms. The molecule has 0 aliphatic rings. The Bertz CT molecular complexity index is 196. The third-order valence-electron chi connectivity index (χ3n) is 0.781. The predicted molar refractivity (Wildman–Crippen MR) is 42.9 cm³/mol. The van der Waals surface area contributed by atoms with Gasteiger partial charge in [-0.05, 0) is 13.8 Å². The Labute approximate surface area is 64.7 Å². The number of aliphatic carboxylic acids is 1. The molecule has 0 atom stereocenters. The number of hydrogen-bond acceptors (Lipinski definition) is 2. The summed E-state index contributed by atoms with van der Waals surface area (Å²) >= 11 is 0. The second kappa shape index (κ2) is 4.43. The number of aliphatic imine (C=N–C) groups is 2. The normalized spacial score (nSPS) is 12.8. The minimum atomic E-state index is -1.24. The van der Waals surface area contributed by atoms with Crippen molar-refractivity contribution in [1.82, 2.24) is 0 Å². The average molecular weight is 157 g/mol. The summed E-state index contributed by atoms with van der Waals surface area (Å²) in [7, 11) is 0. The lowest BCUT2D eigenvalue weighted by atomic mass is 10.4. The van der Waals surface area contributed by atoms with Crippen LogP contribution in [0.4, 0.5) is 0 Å². The van der Waals surface area contributed by atoms with Gasteiger partial charge in [-0.25, -0.2) is 9.79 Å². The van der Waals surface area contributed by atoms with E-state index >= 15 is 0 Å². The zero-order chi connectivity index (χ0) is 8.85. The summed E-state index contributed by atoms with van der Waals surface area (Å²) in [4.78, 5) is 17.2. The zero-order valence-electron chi connectivity index (χ0n) is 6.48. The summed E-state index contributed by atoms with van der Waals surface area (Å²) < 4.78 is 0. The van der Waals surface area contributed by atoms with E-state index in [9.17, 15) is 4.79 Å². The summed E-state index contributed by atoms with van der Waals surface area (Å²) in [5.41, 5.74) is 4.96. The highest BCUT2D eigenvalue weighted by Gasteiger charge is 1.99. The molecule has 0 radical (unpaired) electrons. The van der Waals surface area contributed by atoms with Gasteiger partial charge >= 0.3 is 5.97 Å². The van der Waals surface area contributed by atoms with Crippen LogP contribution in [-0.4, -0.2) is 29.3 Å². The van der Waals surface area contributed by atoms with E-state index in [0.717, 1.165) is 6.34 Å². The standard InChI is InChI=1S/C6H11N3O2/c1-4(2)8-3-9-5(7)6(10)11/h3-4H,1-2H3,(H,10,11)(H2,7,8,9). The number of hydrogen-bond donors (Lipinski definition) is 2. The fourth-order valence-corrected chi connectivity index (χ4v) is 0.284. The van der Waals surface area contributed by atoms with Gasteiger partial charge in [0.15, 0.2) is 0 Å². The van der Waals surface area contributed by atoms with Gasteiger partial charge in [-0.2, -0.15) is 0 Å². The maximum absolute atomic E-state index is 10.1. The summed E-state index contributed by atoms with van der Waals surface area (Å²) in [5.74, 6) is -1.69. The topological polar surface area (TPSA) is 88.0 Å². The van der Waals surface area contributed by atoms with Crippen LogP contribution in [0, 0.1) is 0 Å². The highest BCUT2D eigenvalue weighted by atomic mass is 16.4. The molecule has 0 aromatic heterocycles. The predicted octanol–water partition coefficient (Wildman–Crippen LogP) is -0.135. The molecule has 0 saturated heterocycles. The van der Waals surface area contributed by atoms with Crippen LogP contribution in [0.15, 0.2) is 9.98 Å². The fraction of sp³-hybridized carbons (Fsp3) is 0.500. The number of nitrogens with zero attached hydrogens (tertiary/aromatic N) is 2. The van der Waals surface area contributed by atoms with Gasteiger partial charge in [0.05, 0.1) is 0 Å². The highest BCUT2D eigenvalue weighted by molar-refractivity contribution is 6.34. The van der Waals surface area contributed by atoms with Crippen LogP contribution in [0.5, 0.6) is 0 Å². The van der Waals surface area contributed by atoms with Crippen molar-refractivity contribution < 1.29 is 9.90 Å². The first-order valence-corrected chi connectivity index (χ1v) is 3.12. The Balaban J connectivity index is 4.02. The second-order valence-electron chi connectivity index (χ2n) is 2.18. The average Bonchev–Trinajstić information content (AvgIpc) is 1.86. The third kappa shape index (κ3) is 5.07. The number of rotatable bonds is 2. The lowest BCUT2D eigenvalue weighted by Crippen LogP contribution is -2.22. The molecule has 0 saturated carbocycles. The van der Waals surface area contributed by atoms with Crippen molar-refractivity contribution in [3.05, 3.63) is 0 Å². The van der Waals surface area contributed by atoms with E-state index in [1.807, 2.05) is 13.8 Å². The molecule has 0 aromatic carbocycles. The first kappa shape index (κ1) is 9.61. The monoisotopic (exact) mass is 157 g/mol. The molecule has 5 heteroatoms. The molecule has 5 nitrogen and oxygen atoms in total. The van der Waals surface area contributed by atoms with Gasteiger partial charge < -0.3 is 10.8 Å².